The van der Waals surface area contributed by atoms with Crippen molar-refractivity contribution in [1.82, 2.24) is 20.3 Å². The summed E-state index contributed by atoms with van der Waals surface area (Å²) in [7, 11) is 1.73. The van der Waals surface area contributed by atoms with E-state index in [2.05, 4.69) is 43.3 Å². The molecule has 0 spiro atoms. The van der Waals surface area contributed by atoms with Crippen LogP contribution in [0.4, 0.5) is 0 Å². The summed E-state index contributed by atoms with van der Waals surface area (Å²) in [6.45, 7) is 12.3. The highest BCUT2D eigenvalue weighted by Crippen LogP contribution is 2.12. The molecule has 0 aromatic carbocycles. The van der Waals surface area contributed by atoms with E-state index in [1.807, 2.05) is 10.9 Å². The topological polar surface area (TPSA) is 61.2 Å². The Hall–Kier alpha value is -0.980. The number of nitrogens with one attached hydrogen (secondary N) is 1. The lowest BCUT2D eigenvalue weighted by Gasteiger charge is -2.22. The minimum absolute atomic E-state index is 0.123. The molecule has 6 nitrogen and oxygen atoms in total. The highest BCUT2D eigenvalue weighted by atomic mass is 16.5. The van der Waals surface area contributed by atoms with E-state index >= 15 is 0 Å². The van der Waals surface area contributed by atoms with Crippen LogP contribution < -0.4 is 5.32 Å². The van der Waals surface area contributed by atoms with Crippen molar-refractivity contribution < 1.29 is 9.47 Å². The fourth-order valence-electron chi connectivity index (χ4n) is 1.70. The Balaban J connectivity index is 2.14. The van der Waals surface area contributed by atoms with Crippen molar-refractivity contribution in [1.29, 1.82) is 0 Å². The summed E-state index contributed by atoms with van der Waals surface area (Å²) < 4.78 is 12.8. The third-order valence-corrected chi connectivity index (χ3v) is 3.31. The molecule has 0 unspecified atom stereocenters. The zero-order chi connectivity index (χ0) is 15.7. The van der Waals surface area contributed by atoms with E-state index in [0.29, 0.717) is 19.1 Å². The summed E-state index contributed by atoms with van der Waals surface area (Å²) in [4.78, 5) is 0. The largest absolute Gasteiger partial charge is 0.379 e. The first-order chi connectivity index (χ1) is 9.93. The smallest absolute Gasteiger partial charge is 0.0964 e. The van der Waals surface area contributed by atoms with E-state index in [-0.39, 0.29) is 5.60 Å². The van der Waals surface area contributed by atoms with Crippen LogP contribution in [0.3, 0.4) is 0 Å². The fourth-order valence-corrected chi connectivity index (χ4v) is 1.70. The Labute approximate surface area is 128 Å². The van der Waals surface area contributed by atoms with E-state index in [1.54, 1.807) is 7.11 Å². The third-order valence-electron chi connectivity index (χ3n) is 3.31. The molecule has 21 heavy (non-hydrogen) atoms. The van der Waals surface area contributed by atoms with Gasteiger partial charge in [-0.1, -0.05) is 19.1 Å². The van der Waals surface area contributed by atoms with Crippen LogP contribution >= 0.6 is 0 Å². The van der Waals surface area contributed by atoms with Gasteiger partial charge < -0.3 is 14.8 Å². The molecule has 0 atom stereocenters. The van der Waals surface area contributed by atoms with E-state index < -0.39 is 0 Å². The maximum absolute atomic E-state index is 5.61. The highest BCUT2D eigenvalue weighted by Gasteiger charge is 2.15. The molecule has 1 aromatic rings. The van der Waals surface area contributed by atoms with Crippen molar-refractivity contribution in [2.75, 3.05) is 26.9 Å². The normalized spacial score (nSPS) is 12.3. The van der Waals surface area contributed by atoms with Gasteiger partial charge in [-0.2, -0.15) is 0 Å². The maximum atomic E-state index is 5.61. The lowest BCUT2D eigenvalue weighted by molar-refractivity contribution is -0.0108. The van der Waals surface area contributed by atoms with E-state index in [4.69, 9.17) is 9.47 Å². The van der Waals surface area contributed by atoms with Gasteiger partial charge in [0, 0.05) is 26.5 Å². The fraction of sp³-hybridized carbons (Fsp3) is 0.867. The quantitative estimate of drug-likeness (QED) is 0.632. The lowest BCUT2D eigenvalue weighted by atomic mass is 10.1. The van der Waals surface area contributed by atoms with Gasteiger partial charge in [0.25, 0.3) is 0 Å². The molecule has 1 heterocycles. The van der Waals surface area contributed by atoms with E-state index in [1.165, 1.54) is 0 Å². The van der Waals surface area contributed by atoms with Crippen molar-refractivity contribution in [2.24, 2.45) is 5.92 Å². The van der Waals surface area contributed by atoms with Gasteiger partial charge in [-0.25, -0.2) is 4.68 Å². The summed E-state index contributed by atoms with van der Waals surface area (Å²) in [6, 6.07) is 0. The molecule has 6 heteroatoms. The van der Waals surface area contributed by atoms with Gasteiger partial charge in [-0.3, -0.25) is 0 Å². The van der Waals surface area contributed by atoms with Crippen LogP contribution in [0.1, 0.15) is 39.8 Å². The molecule has 0 saturated heterocycles. The second-order valence-electron chi connectivity index (χ2n) is 6.32. The molecule has 0 aliphatic carbocycles. The van der Waals surface area contributed by atoms with Crippen molar-refractivity contribution >= 4 is 0 Å². The van der Waals surface area contributed by atoms with Gasteiger partial charge in [0.1, 0.15) is 0 Å². The first-order valence-corrected chi connectivity index (χ1v) is 7.65. The molecule has 1 aromatic heterocycles. The van der Waals surface area contributed by atoms with Crippen molar-refractivity contribution in [3.63, 3.8) is 0 Å². The predicted molar refractivity (Wildman–Crippen MR) is 83.1 cm³/mol. The van der Waals surface area contributed by atoms with E-state index in [0.717, 1.165) is 31.7 Å². The molecular formula is C15H30N4O2. The van der Waals surface area contributed by atoms with Crippen LogP contribution in [0.2, 0.25) is 0 Å². The first kappa shape index (κ1) is 18.1. The Morgan fingerprint density at radius 1 is 1.33 bits per heavy atom. The van der Waals surface area contributed by atoms with Crippen LogP contribution in [-0.4, -0.2) is 47.5 Å². The lowest BCUT2D eigenvalue weighted by Crippen LogP contribution is -2.24. The number of hydrogen-bond donors (Lipinski definition) is 1. The molecule has 0 radical (unpaired) electrons. The predicted octanol–water partition coefficient (Wildman–Crippen LogP) is 1.86. The van der Waals surface area contributed by atoms with Crippen molar-refractivity contribution in [3.8, 4) is 0 Å². The number of hydrogen-bond acceptors (Lipinski definition) is 5. The standard InChI is InChI=1S/C15H30N4O2/c1-13(2)10-16-11-14-12-19(18-17-14)7-9-21-8-6-15(3,4)20-5/h12-13,16H,6-11H2,1-5H3. The number of rotatable bonds is 11. The third kappa shape index (κ3) is 8.14. The Bertz CT molecular complexity index is 391. The molecule has 0 fully saturated rings. The van der Waals surface area contributed by atoms with Gasteiger partial charge >= 0.3 is 0 Å². The molecule has 1 N–H and O–H groups in total. The SMILES string of the molecule is COC(C)(C)CCOCCn1cc(CNCC(C)C)nn1. The Kier molecular flexibility index (Phi) is 7.85. The summed E-state index contributed by atoms with van der Waals surface area (Å²) in [5.74, 6) is 0.643. The maximum Gasteiger partial charge on any atom is 0.0964 e. The van der Waals surface area contributed by atoms with Gasteiger partial charge in [-0.15, -0.1) is 5.10 Å². The van der Waals surface area contributed by atoms with Gasteiger partial charge in [0.15, 0.2) is 0 Å². The van der Waals surface area contributed by atoms with Crippen molar-refractivity contribution in [3.05, 3.63) is 11.9 Å². The molecule has 0 amide bonds. The van der Waals surface area contributed by atoms with Crippen LogP contribution in [0.25, 0.3) is 0 Å². The monoisotopic (exact) mass is 298 g/mol. The molecule has 1 rings (SSSR count). The molecule has 0 saturated carbocycles. The summed E-state index contributed by atoms with van der Waals surface area (Å²) in [5, 5.41) is 11.6. The Morgan fingerprint density at radius 3 is 2.76 bits per heavy atom. The second-order valence-corrected chi connectivity index (χ2v) is 6.32. The second kappa shape index (κ2) is 9.12. The molecule has 122 valence electrons. The van der Waals surface area contributed by atoms with Gasteiger partial charge in [0.2, 0.25) is 0 Å². The number of methoxy groups -OCH3 is 1. The zero-order valence-electron chi connectivity index (χ0n) is 14.1. The number of aromatic nitrogens is 3. The highest BCUT2D eigenvalue weighted by molar-refractivity contribution is 4.91. The van der Waals surface area contributed by atoms with Gasteiger partial charge in [0.05, 0.1) is 24.4 Å². The van der Waals surface area contributed by atoms with Crippen LogP contribution in [-0.2, 0) is 22.6 Å². The Morgan fingerprint density at radius 2 is 2.10 bits per heavy atom. The zero-order valence-corrected chi connectivity index (χ0v) is 14.1. The van der Waals surface area contributed by atoms with Crippen LogP contribution in [0.5, 0.6) is 0 Å². The number of ether oxygens (including phenoxy) is 2. The minimum Gasteiger partial charge on any atom is -0.379 e. The van der Waals surface area contributed by atoms with Crippen LogP contribution in [0.15, 0.2) is 6.20 Å². The van der Waals surface area contributed by atoms with E-state index in [9.17, 15) is 0 Å². The first-order valence-electron chi connectivity index (χ1n) is 7.65. The summed E-state index contributed by atoms with van der Waals surface area (Å²) in [5.41, 5.74) is 0.846. The molecule has 0 aliphatic heterocycles. The average molecular weight is 298 g/mol. The molecular weight excluding hydrogens is 268 g/mol. The molecule has 0 aliphatic rings. The van der Waals surface area contributed by atoms with Gasteiger partial charge in [-0.05, 0) is 32.7 Å². The summed E-state index contributed by atoms with van der Waals surface area (Å²) >= 11 is 0. The number of nitrogens with zero attached hydrogens (tertiary/aromatic N) is 3. The summed E-state index contributed by atoms with van der Waals surface area (Å²) in [6.07, 6.45) is 2.85. The average Bonchev–Trinajstić information content (AvgIpc) is 2.86. The minimum atomic E-state index is -0.123. The van der Waals surface area contributed by atoms with Crippen molar-refractivity contribution in [2.45, 2.75) is 52.8 Å². The molecule has 0 bridgehead atoms. The van der Waals surface area contributed by atoms with Crippen LogP contribution in [0, 0.1) is 5.92 Å².